The number of hydrogen-bond donors (Lipinski definition) is 1. The highest BCUT2D eigenvalue weighted by Crippen LogP contribution is 2.49. The van der Waals surface area contributed by atoms with E-state index < -0.39 is 0 Å². The molecule has 4 rings (SSSR count). The number of fused-ring (bicyclic) bond motifs is 1. The molecule has 0 fully saturated rings. The Kier molecular flexibility index (Phi) is 7.19. The van der Waals surface area contributed by atoms with Crippen LogP contribution < -0.4 is 10.2 Å². The van der Waals surface area contributed by atoms with Gasteiger partial charge in [0, 0.05) is 22.4 Å². The second kappa shape index (κ2) is 9.96. The largest absolute Gasteiger partial charge is 0.355 e. The maximum Gasteiger partial charge on any atom is 0.240 e. The van der Waals surface area contributed by atoms with Crippen LogP contribution in [0.4, 0.5) is 5.82 Å². The van der Waals surface area contributed by atoms with Crippen molar-refractivity contribution in [2.45, 2.75) is 51.7 Å². The first-order chi connectivity index (χ1) is 16.2. The van der Waals surface area contributed by atoms with Crippen molar-refractivity contribution in [3.63, 3.8) is 0 Å². The number of nitrogens with zero attached hydrogens (tertiary/aromatic N) is 3. The second-order valence-electron chi connectivity index (χ2n) is 9.57. The number of thioether (sulfide) groups is 1. The van der Waals surface area contributed by atoms with E-state index in [9.17, 15) is 9.59 Å². The molecule has 3 aromatic rings. The lowest BCUT2D eigenvalue weighted by Crippen LogP contribution is -2.42. The lowest BCUT2D eigenvalue weighted by Gasteiger charge is -2.24. The quantitative estimate of drug-likeness (QED) is 0.507. The molecule has 180 valence electrons. The molecule has 2 amide bonds. The Hall–Kier alpha value is -2.58. The van der Waals surface area contributed by atoms with E-state index in [1.165, 1.54) is 4.88 Å². The van der Waals surface area contributed by atoms with Crippen LogP contribution >= 0.6 is 23.1 Å². The van der Waals surface area contributed by atoms with E-state index in [1.807, 2.05) is 48.9 Å². The van der Waals surface area contributed by atoms with Crippen molar-refractivity contribution in [1.82, 2.24) is 15.1 Å². The summed E-state index contributed by atoms with van der Waals surface area (Å²) in [5.41, 5.74) is 3.69. The second-order valence-corrected chi connectivity index (χ2v) is 11.6. The molecular formula is C26H32N4O2S2. The number of carbonyl (C=O) groups excluding carboxylic acids is 2. The van der Waals surface area contributed by atoms with E-state index in [-0.39, 0.29) is 29.0 Å². The molecule has 0 saturated carbocycles. The maximum atomic E-state index is 13.5. The average molecular weight is 497 g/mol. The summed E-state index contributed by atoms with van der Waals surface area (Å²) in [6, 6.07) is 12.2. The number of thiophene rings is 1. The molecule has 3 heterocycles. The minimum Gasteiger partial charge on any atom is -0.355 e. The third-order valence-corrected chi connectivity index (χ3v) is 8.14. The van der Waals surface area contributed by atoms with E-state index in [0.717, 1.165) is 28.9 Å². The Morgan fingerprint density at radius 2 is 1.97 bits per heavy atom. The topological polar surface area (TPSA) is 67.2 Å². The summed E-state index contributed by atoms with van der Waals surface area (Å²) in [4.78, 5) is 29.2. The highest BCUT2D eigenvalue weighted by Gasteiger charge is 2.40. The van der Waals surface area contributed by atoms with Gasteiger partial charge in [-0.25, -0.2) is 4.68 Å². The van der Waals surface area contributed by atoms with Gasteiger partial charge in [0.15, 0.2) is 0 Å². The molecule has 8 heteroatoms. The minimum absolute atomic E-state index is 0.0231. The van der Waals surface area contributed by atoms with Gasteiger partial charge in [-0.05, 0) is 36.4 Å². The van der Waals surface area contributed by atoms with Crippen LogP contribution in [0.5, 0.6) is 0 Å². The summed E-state index contributed by atoms with van der Waals surface area (Å²) in [6.07, 6.45) is 0.844. The zero-order valence-corrected chi connectivity index (χ0v) is 22.1. The number of hydrogen-bond acceptors (Lipinski definition) is 5. The summed E-state index contributed by atoms with van der Waals surface area (Å²) in [6.45, 7) is 11.1. The van der Waals surface area contributed by atoms with E-state index in [4.69, 9.17) is 5.10 Å². The lowest BCUT2D eigenvalue weighted by molar-refractivity contribution is -0.122. The maximum absolute atomic E-state index is 13.5. The average Bonchev–Trinajstić information content (AvgIpc) is 3.43. The van der Waals surface area contributed by atoms with Crippen LogP contribution in [-0.4, -0.2) is 40.4 Å². The van der Waals surface area contributed by atoms with Gasteiger partial charge in [0.25, 0.3) is 0 Å². The number of rotatable bonds is 6. The number of amides is 2. The van der Waals surface area contributed by atoms with Gasteiger partial charge in [0.1, 0.15) is 12.4 Å². The van der Waals surface area contributed by atoms with E-state index in [2.05, 4.69) is 37.5 Å². The van der Waals surface area contributed by atoms with E-state index in [0.29, 0.717) is 18.1 Å². The fourth-order valence-corrected chi connectivity index (χ4v) is 6.35. The summed E-state index contributed by atoms with van der Waals surface area (Å²) in [5, 5.41) is 10.1. The number of carbonyl (C=O) groups is 2. The normalized spacial score (nSPS) is 16.3. The van der Waals surface area contributed by atoms with Crippen LogP contribution in [0.2, 0.25) is 0 Å². The van der Waals surface area contributed by atoms with Crippen molar-refractivity contribution in [3.8, 4) is 5.69 Å². The van der Waals surface area contributed by atoms with Crippen LogP contribution in [0, 0.1) is 6.92 Å². The van der Waals surface area contributed by atoms with Crippen molar-refractivity contribution < 1.29 is 9.59 Å². The predicted molar refractivity (Wildman–Crippen MR) is 141 cm³/mol. The third kappa shape index (κ3) is 4.79. The first-order valence-corrected chi connectivity index (χ1v) is 13.6. The van der Waals surface area contributed by atoms with Crippen molar-refractivity contribution >= 4 is 40.7 Å². The molecule has 1 N–H and O–H groups in total. The molecule has 1 aromatic carbocycles. The molecule has 2 aromatic heterocycles. The molecule has 1 unspecified atom stereocenters. The van der Waals surface area contributed by atoms with Crippen LogP contribution in [0.1, 0.15) is 61.1 Å². The molecule has 34 heavy (non-hydrogen) atoms. The van der Waals surface area contributed by atoms with Crippen LogP contribution in [0.3, 0.4) is 0 Å². The van der Waals surface area contributed by atoms with Gasteiger partial charge in [0.05, 0.1) is 22.4 Å². The highest BCUT2D eigenvalue weighted by molar-refractivity contribution is 8.00. The number of nitrogens with one attached hydrogen (secondary N) is 1. The molecule has 0 spiro atoms. The lowest BCUT2D eigenvalue weighted by atomic mass is 9.88. The minimum atomic E-state index is -0.252. The molecule has 1 atom stereocenters. The smallest absolute Gasteiger partial charge is 0.240 e. The molecule has 0 aliphatic carbocycles. The van der Waals surface area contributed by atoms with Gasteiger partial charge in [-0.3, -0.25) is 14.5 Å². The highest BCUT2D eigenvalue weighted by atomic mass is 32.2. The predicted octanol–water partition coefficient (Wildman–Crippen LogP) is 5.24. The number of anilines is 1. The number of aryl methyl sites for hydroxylation is 1. The number of para-hydroxylation sites is 1. The van der Waals surface area contributed by atoms with Crippen molar-refractivity contribution in [1.29, 1.82) is 0 Å². The third-order valence-electron chi connectivity index (χ3n) is 5.82. The molecule has 0 radical (unpaired) electrons. The first-order valence-electron chi connectivity index (χ1n) is 11.6. The summed E-state index contributed by atoms with van der Waals surface area (Å²) in [5.74, 6) is 0.775. The Labute approximate surface area is 209 Å². The van der Waals surface area contributed by atoms with Gasteiger partial charge in [-0.15, -0.1) is 23.1 Å². The standard InChI is InChI=1S/C26H32N4O2S2/c1-6-13-27-20(31)15-29-21(32)16-34-23(19-12-9-14-33-19)22-24(26(3,4)5)28-30(25(22)29)18-11-8-7-10-17(18)2/h7-12,14,23H,6,13,15-16H2,1-5H3,(H,27,31). The van der Waals surface area contributed by atoms with Crippen LogP contribution in [0.15, 0.2) is 41.8 Å². The Bertz CT molecular complexity index is 1180. The fourth-order valence-electron chi connectivity index (χ4n) is 4.17. The molecular weight excluding hydrogens is 464 g/mol. The van der Waals surface area contributed by atoms with Crippen molar-refractivity contribution in [2.24, 2.45) is 0 Å². The Morgan fingerprint density at radius 1 is 1.21 bits per heavy atom. The van der Waals surface area contributed by atoms with Crippen LogP contribution in [0.25, 0.3) is 5.69 Å². The zero-order chi connectivity index (χ0) is 24.5. The SMILES string of the molecule is CCCNC(=O)CN1C(=O)CSC(c2cccs2)c2c(C(C)(C)C)nn(-c3ccccc3C)c21. The van der Waals surface area contributed by atoms with E-state index in [1.54, 1.807) is 28.0 Å². The monoisotopic (exact) mass is 496 g/mol. The summed E-state index contributed by atoms with van der Waals surface area (Å²) < 4.78 is 1.89. The van der Waals surface area contributed by atoms with Crippen molar-refractivity contribution in [2.75, 3.05) is 23.7 Å². The Morgan fingerprint density at radius 3 is 2.62 bits per heavy atom. The number of benzene rings is 1. The molecule has 6 nitrogen and oxygen atoms in total. The van der Waals surface area contributed by atoms with Gasteiger partial charge >= 0.3 is 0 Å². The summed E-state index contributed by atoms with van der Waals surface area (Å²) in [7, 11) is 0. The first kappa shape index (κ1) is 24.5. The van der Waals surface area contributed by atoms with Crippen LogP contribution in [-0.2, 0) is 15.0 Å². The van der Waals surface area contributed by atoms with Gasteiger partial charge in [-0.2, -0.15) is 5.10 Å². The molecule has 1 aliphatic heterocycles. The Balaban J connectivity index is 1.99. The summed E-state index contributed by atoms with van der Waals surface area (Å²) >= 11 is 3.31. The van der Waals surface area contributed by atoms with Gasteiger partial charge in [0.2, 0.25) is 11.8 Å². The molecule has 0 saturated heterocycles. The van der Waals surface area contributed by atoms with E-state index >= 15 is 0 Å². The number of aromatic nitrogens is 2. The van der Waals surface area contributed by atoms with Crippen molar-refractivity contribution in [3.05, 3.63) is 63.5 Å². The fraction of sp³-hybridized carbons (Fsp3) is 0.423. The zero-order valence-electron chi connectivity index (χ0n) is 20.4. The van der Waals surface area contributed by atoms with Gasteiger partial charge in [-0.1, -0.05) is 52.0 Å². The molecule has 1 aliphatic rings. The molecule has 0 bridgehead atoms. The van der Waals surface area contributed by atoms with Gasteiger partial charge < -0.3 is 5.32 Å².